The van der Waals surface area contributed by atoms with Crippen LogP contribution in [0.3, 0.4) is 0 Å². The van der Waals surface area contributed by atoms with Crippen molar-refractivity contribution in [2.45, 2.75) is 38.8 Å². The first-order valence-electron chi connectivity index (χ1n) is 15.9. The molecule has 0 spiro atoms. The molecule has 4 aromatic rings. The lowest BCUT2D eigenvalue weighted by atomic mass is 9.88. The van der Waals surface area contributed by atoms with Gasteiger partial charge >= 0.3 is 0 Å². The molecule has 2 aliphatic rings. The first-order valence-corrected chi connectivity index (χ1v) is 15.9. The van der Waals surface area contributed by atoms with Crippen LogP contribution in [0.4, 0.5) is 4.39 Å². The van der Waals surface area contributed by atoms with Gasteiger partial charge < -0.3 is 20.3 Å². The molecule has 2 heterocycles. The normalized spacial score (nSPS) is 16.4. The van der Waals surface area contributed by atoms with E-state index in [2.05, 4.69) is 17.6 Å². The van der Waals surface area contributed by atoms with E-state index in [1.165, 1.54) is 12.1 Å². The van der Waals surface area contributed by atoms with Gasteiger partial charge in [0, 0.05) is 25.1 Å². The lowest BCUT2D eigenvalue weighted by Crippen LogP contribution is -2.54. The van der Waals surface area contributed by atoms with Crippen molar-refractivity contribution >= 4 is 34.8 Å². The third-order valence-corrected chi connectivity index (χ3v) is 8.66. The number of nitrogens with one attached hydrogen (secondary N) is 2. The largest absolute Gasteiger partial charge is 0.508 e. The Morgan fingerprint density at radius 2 is 1.47 bits per heavy atom. The summed E-state index contributed by atoms with van der Waals surface area (Å²) >= 11 is 0. The quantitative estimate of drug-likeness (QED) is 0.0977. The number of phenols is 2. The molecule has 49 heavy (non-hydrogen) atoms. The molecule has 0 aliphatic carbocycles. The average molecular weight is 664 g/mol. The van der Waals surface area contributed by atoms with Crippen LogP contribution >= 0.6 is 0 Å². The van der Waals surface area contributed by atoms with Gasteiger partial charge in [0.25, 0.3) is 11.8 Å². The van der Waals surface area contributed by atoms with Gasteiger partial charge in [0.1, 0.15) is 35.7 Å². The van der Waals surface area contributed by atoms with E-state index < -0.39 is 35.5 Å². The van der Waals surface area contributed by atoms with E-state index >= 15 is 4.39 Å². The monoisotopic (exact) mass is 663 g/mol. The number of phenolic OH excluding ortho intramolecular Hbond substituents is 2. The minimum atomic E-state index is -1.17. The van der Waals surface area contributed by atoms with Crippen LogP contribution in [0.25, 0.3) is 11.1 Å². The highest BCUT2D eigenvalue weighted by atomic mass is 19.1. The van der Waals surface area contributed by atoms with Crippen LogP contribution in [0, 0.1) is 5.82 Å². The van der Waals surface area contributed by atoms with Crippen LogP contribution in [-0.4, -0.2) is 57.9 Å². The topological polar surface area (TPSA) is 145 Å². The zero-order valence-corrected chi connectivity index (χ0v) is 26.7. The Labute approximate surface area is 281 Å². The second-order valence-corrected chi connectivity index (χ2v) is 11.8. The number of halogens is 1. The average Bonchev–Trinajstić information content (AvgIpc) is 3.35. The predicted octanol–water partition coefficient (Wildman–Crippen LogP) is 5.18. The van der Waals surface area contributed by atoms with E-state index in [9.17, 15) is 29.4 Å². The molecule has 2 aliphatic heterocycles. The van der Waals surface area contributed by atoms with Crippen molar-refractivity contribution in [3.05, 3.63) is 124 Å². The zero-order valence-electron chi connectivity index (χ0n) is 26.7. The van der Waals surface area contributed by atoms with E-state index in [1.54, 1.807) is 24.3 Å². The number of hydrogen-bond donors (Lipinski definition) is 4. The van der Waals surface area contributed by atoms with Crippen LogP contribution < -0.4 is 15.4 Å². The van der Waals surface area contributed by atoms with Gasteiger partial charge in [0.2, 0.25) is 11.8 Å². The molecule has 1 atom stereocenters. The van der Waals surface area contributed by atoms with E-state index in [4.69, 9.17) is 4.74 Å². The summed E-state index contributed by atoms with van der Waals surface area (Å²) in [5.74, 6) is -2.74. The maximum absolute atomic E-state index is 15.5. The zero-order chi connectivity index (χ0) is 34.7. The highest BCUT2D eigenvalue weighted by molar-refractivity contribution is 6.23. The molecule has 4 amide bonds. The highest BCUT2D eigenvalue weighted by Crippen LogP contribution is 2.36. The number of hydrogen-bond acceptors (Lipinski definition) is 8. The number of ether oxygens (including phenoxy) is 1. The number of rotatable bonds is 11. The first kappa shape index (κ1) is 33.1. The van der Waals surface area contributed by atoms with E-state index in [0.717, 1.165) is 39.2 Å². The molecule has 1 unspecified atom stereocenters. The Balaban J connectivity index is 1.09. The Bertz CT molecular complexity index is 1960. The Kier molecular flexibility index (Phi) is 9.54. The Morgan fingerprint density at radius 1 is 0.857 bits per heavy atom. The lowest BCUT2D eigenvalue weighted by molar-refractivity contribution is -0.136. The summed E-state index contributed by atoms with van der Waals surface area (Å²) in [5, 5.41) is 24.9. The number of amides is 4. The van der Waals surface area contributed by atoms with Gasteiger partial charge in [-0.3, -0.25) is 29.4 Å². The minimum absolute atomic E-state index is 0.00917. The number of benzene rings is 4. The second kappa shape index (κ2) is 14.1. The molecule has 1 saturated heterocycles. The molecular formula is C38H34FN3O7. The molecule has 1 fully saturated rings. The number of allylic oxidation sites excluding steroid dienone is 1. The van der Waals surface area contributed by atoms with Crippen molar-refractivity contribution in [2.24, 2.45) is 0 Å². The molecule has 0 aromatic heterocycles. The van der Waals surface area contributed by atoms with Gasteiger partial charge in [-0.25, -0.2) is 4.39 Å². The fraction of sp³-hybridized carbons (Fsp3) is 0.211. The fourth-order valence-corrected chi connectivity index (χ4v) is 6.21. The number of carbonyl (C=O) groups is 4. The van der Waals surface area contributed by atoms with Gasteiger partial charge in [-0.2, -0.15) is 0 Å². The van der Waals surface area contributed by atoms with Gasteiger partial charge in [-0.15, -0.1) is 0 Å². The summed E-state index contributed by atoms with van der Waals surface area (Å²) in [6.45, 7) is 2.75. The molecule has 10 nitrogen and oxygen atoms in total. The second-order valence-electron chi connectivity index (χ2n) is 11.8. The predicted molar refractivity (Wildman–Crippen MR) is 179 cm³/mol. The van der Waals surface area contributed by atoms with Crippen molar-refractivity contribution in [1.82, 2.24) is 15.5 Å². The maximum Gasteiger partial charge on any atom is 0.265 e. The smallest absolute Gasteiger partial charge is 0.265 e. The number of imide groups is 2. The summed E-state index contributed by atoms with van der Waals surface area (Å²) in [6.07, 6.45) is 0.690. The number of aromatic hydroxyl groups is 2. The Morgan fingerprint density at radius 3 is 2.08 bits per heavy atom. The maximum atomic E-state index is 15.5. The summed E-state index contributed by atoms with van der Waals surface area (Å²) < 4.78 is 21.4. The molecule has 4 aromatic carbocycles. The van der Waals surface area contributed by atoms with Crippen molar-refractivity contribution in [1.29, 1.82) is 0 Å². The molecule has 4 N–H and O–H groups in total. The fourth-order valence-electron chi connectivity index (χ4n) is 6.21. The third-order valence-electron chi connectivity index (χ3n) is 8.66. The molecule has 0 bridgehead atoms. The van der Waals surface area contributed by atoms with Crippen molar-refractivity contribution in [3.8, 4) is 17.2 Å². The molecule has 0 radical (unpaired) electrons. The van der Waals surface area contributed by atoms with Crippen LogP contribution in [0.1, 0.15) is 69.2 Å². The number of fused-ring (bicyclic) bond motifs is 1. The van der Waals surface area contributed by atoms with Gasteiger partial charge in [0.15, 0.2) is 0 Å². The van der Waals surface area contributed by atoms with Crippen LogP contribution in [0.5, 0.6) is 17.2 Å². The van der Waals surface area contributed by atoms with Crippen molar-refractivity contribution in [2.75, 3.05) is 13.2 Å². The van der Waals surface area contributed by atoms with Crippen molar-refractivity contribution < 1.29 is 38.5 Å². The van der Waals surface area contributed by atoms with Crippen molar-refractivity contribution in [3.63, 3.8) is 0 Å². The first-order chi connectivity index (χ1) is 23.7. The molecule has 6 rings (SSSR count). The number of nitrogens with zero attached hydrogens (tertiary/aromatic N) is 1. The van der Waals surface area contributed by atoms with E-state index in [0.29, 0.717) is 12.3 Å². The van der Waals surface area contributed by atoms with Crippen LogP contribution in [0.2, 0.25) is 0 Å². The standard InChI is InChI=1S/C38H34FN3O7/c1-2-29(22-3-10-26(43)11-4-22)33(23-5-12-27(44)13-6-23)24-7-14-28(15-8-24)49-20-19-40-21-25-9-16-30-34(35(25)39)38(48)42(37(30)47)31-17-18-32(45)41-36(31)46/h3-16,31,40,43-44H,2,17-21H2,1H3,(H,41,45,46). The van der Waals surface area contributed by atoms with Gasteiger partial charge in [-0.05, 0) is 83.1 Å². The summed E-state index contributed by atoms with van der Waals surface area (Å²) in [4.78, 5) is 50.5. The molecule has 0 saturated carbocycles. The summed E-state index contributed by atoms with van der Waals surface area (Å²) in [7, 11) is 0. The lowest BCUT2D eigenvalue weighted by Gasteiger charge is -2.27. The highest BCUT2D eigenvalue weighted by Gasteiger charge is 2.46. The van der Waals surface area contributed by atoms with Gasteiger partial charge in [-0.1, -0.05) is 49.4 Å². The van der Waals surface area contributed by atoms with E-state index in [-0.39, 0.29) is 54.2 Å². The summed E-state index contributed by atoms with van der Waals surface area (Å²) in [5.41, 5.74) is 4.59. The van der Waals surface area contributed by atoms with E-state index in [1.807, 2.05) is 48.5 Å². The third kappa shape index (κ3) is 6.79. The number of piperidine rings is 1. The van der Waals surface area contributed by atoms with Gasteiger partial charge in [0.05, 0.1) is 11.1 Å². The minimum Gasteiger partial charge on any atom is -0.508 e. The molecule has 250 valence electrons. The molecular weight excluding hydrogens is 629 g/mol. The number of carbonyl (C=O) groups excluding carboxylic acids is 4. The van der Waals surface area contributed by atoms with Crippen LogP contribution in [-0.2, 0) is 16.1 Å². The molecule has 11 heteroatoms. The Hall–Kier alpha value is -5.81. The SMILES string of the molecule is CCC(=C(c1ccc(O)cc1)c1ccc(OCCNCc2ccc3c(c2F)C(=O)N(C2CCC(=O)NC2=O)C3=O)cc1)c1ccc(O)cc1. The summed E-state index contributed by atoms with van der Waals surface area (Å²) in [6, 6.07) is 23.4. The van der Waals surface area contributed by atoms with Crippen LogP contribution in [0.15, 0.2) is 84.9 Å².